The Morgan fingerprint density at radius 2 is 1.58 bits per heavy atom. The van der Waals surface area contributed by atoms with E-state index < -0.39 is 66.9 Å². The van der Waals surface area contributed by atoms with Crippen LogP contribution < -0.4 is 21.3 Å². The van der Waals surface area contributed by atoms with E-state index in [2.05, 4.69) is 21.3 Å². The van der Waals surface area contributed by atoms with Crippen molar-refractivity contribution in [2.45, 2.75) is 49.9 Å². The van der Waals surface area contributed by atoms with Crippen LogP contribution in [-0.4, -0.2) is 82.3 Å². The molecule has 1 aromatic carbocycles. The lowest BCUT2D eigenvalue weighted by Gasteiger charge is -2.24. The van der Waals surface area contributed by atoms with Gasteiger partial charge in [0.1, 0.15) is 18.1 Å². The van der Waals surface area contributed by atoms with Gasteiger partial charge in [0.15, 0.2) is 0 Å². The van der Waals surface area contributed by atoms with Crippen LogP contribution in [0.1, 0.15) is 24.8 Å². The summed E-state index contributed by atoms with van der Waals surface area (Å²) in [6, 6.07) is 3.74. The summed E-state index contributed by atoms with van der Waals surface area (Å²) >= 11 is 0. The number of carbonyl (C=O) groups excluding carboxylic acids is 3. The maximum absolute atomic E-state index is 12.8. The van der Waals surface area contributed by atoms with E-state index in [9.17, 15) is 34.2 Å². The predicted octanol–water partition coefficient (Wildman–Crippen LogP) is -2.01. The van der Waals surface area contributed by atoms with Gasteiger partial charge in [0, 0.05) is 6.42 Å². The summed E-state index contributed by atoms with van der Waals surface area (Å²) in [7, 11) is 0. The Morgan fingerprint density at radius 3 is 2.12 bits per heavy atom. The molecule has 1 aliphatic heterocycles. The van der Waals surface area contributed by atoms with Gasteiger partial charge in [0.25, 0.3) is 0 Å². The molecule has 1 aromatic rings. The van der Waals surface area contributed by atoms with Crippen molar-refractivity contribution < 1.29 is 39.3 Å². The summed E-state index contributed by atoms with van der Waals surface area (Å²) in [6.07, 6.45) is 0.504. The molecule has 0 saturated carbocycles. The van der Waals surface area contributed by atoms with E-state index >= 15 is 0 Å². The Kier molecular flexibility index (Phi) is 9.76. The molecule has 12 heteroatoms. The largest absolute Gasteiger partial charge is 0.481 e. The molecule has 0 bridgehead atoms. The first-order valence-electron chi connectivity index (χ1n) is 10.4. The molecule has 0 radical (unpaired) electrons. The number of benzene rings is 1. The minimum absolute atomic E-state index is 0.0336. The number of amides is 3. The fourth-order valence-corrected chi connectivity index (χ4v) is 3.35. The van der Waals surface area contributed by atoms with Gasteiger partial charge in [-0.2, -0.15) is 0 Å². The molecule has 4 unspecified atom stereocenters. The lowest BCUT2D eigenvalue weighted by molar-refractivity contribution is -0.147. The summed E-state index contributed by atoms with van der Waals surface area (Å²) in [5.41, 5.74) is 0.641. The van der Waals surface area contributed by atoms with Crippen LogP contribution in [0.15, 0.2) is 30.3 Å². The predicted molar refractivity (Wildman–Crippen MR) is 114 cm³/mol. The molecule has 0 aliphatic carbocycles. The summed E-state index contributed by atoms with van der Waals surface area (Å²) in [4.78, 5) is 60.0. The van der Waals surface area contributed by atoms with Crippen LogP contribution in [0, 0.1) is 0 Å². The van der Waals surface area contributed by atoms with Gasteiger partial charge in [0.2, 0.25) is 17.7 Å². The van der Waals surface area contributed by atoms with Gasteiger partial charge in [-0.15, -0.1) is 0 Å². The number of hydrogen-bond acceptors (Lipinski definition) is 7. The molecular formula is C21H28N4O8. The Bertz CT molecular complexity index is 857. The number of hydrogen-bond donors (Lipinski definition) is 7. The number of carboxylic acids is 2. The number of aliphatic hydroxyl groups is 1. The number of aliphatic hydroxyl groups excluding tert-OH is 1. The molecule has 12 nitrogen and oxygen atoms in total. The molecule has 1 aliphatic rings. The van der Waals surface area contributed by atoms with Gasteiger partial charge < -0.3 is 36.6 Å². The van der Waals surface area contributed by atoms with Crippen molar-refractivity contribution in [3.05, 3.63) is 35.9 Å². The molecule has 0 aromatic heterocycles. The van der Waals surface area contributed by atoms with Crippen molar-refractivity contribution in [3.8, 4) is 0 Å². The van der Waals surface area contributed by atoms with Crippen LogP contribution in [0.4, 0.5) is 0 Å². The minimum atomic E-state index is -1.70. The zero-order chi connectivity index (χ0) is 24.4. The number of carboxylic acid groups (broad SMARTS) is 2. The average Bonchev–Trinajstić information content (AvgIpc) is 3.31. The highest BCUT2D eigenvalue weighted by Crippen LogP contribution is 2.07. The maximum Gasteiger partial charge on any atom is 0.326 e. The van der Waals surface area contributed by atoms with Gasteiger partial charge >= 0.3 is 11.9 Å². The first-order chi connectivity index (χ1) is 15.7. The highest BCUT2D eigenvalue weighted by molar-refractivity contribution is 5.94. The van der Waals surface area contributed by atoms with Gasteiger partial charge in [-0.1, -0.05) is 30.3 Å². The van der Waals surface area contributed by atoms with Gasteiger partial charge in [-0.05, 0) is 24.9 Å². The van der Waals surface area contributed by atoms with Crippen LogP contribution >= 0.6 is 0 Å². The summed E-state index contributed by atoms with van der Waals surface area (Å²) < 4.78 is 0. The smallest absolute Gasteiger partial charge is 0.326 e. The monoisotopic (exact) mass is 464 g/mol. The molecule has 33 heavy (non-hydrogen) atoms. The van der Waals surface area contributed by atoms with Crippen molar-refractivity contribution in [1.82, 2.24) is 21.3 Å². The summed E-state index contributed by atoms with van der Waals surface area (Å²) in [6.45, 7) is -0.0603. The summed E-state index contributed by atoms with van der Waals surface area (Å²) in [5.74, 6) is -5.18. The zero-order valence-electron chi connectivity index (χ0n) is 17.8. The molecule has 0 spiro atoms. The number of carbonyl (C=O) groups is 5. The summed E-state index contributed by atoms with van der Waals surface area (Å²) in [5, 5.41) is 37.6. The Labute approximate surface area is 189 Å². The van der Waals surface area contributed by atoms with Gasteiger partial charge in [-0.25, -0.2) is 4.79 Å². The third-order valence-electron chi connectivity index (χ3n) is 5.10. The molecule has 3 amide bonds. The van der Waals surface area contributed by atoms with E-state index in [1.54, 1.807) is 30.3 Å². The normalized spacial score (nSPS) is 17.9. The molecule has 1 saturated heterocycles. The first kappa shape index (κ1) is 25.7. The second-order valence-electron chi connectivity index (χ2n) is 7.64. The molecule has 7 N–H and O–H groups in total. The fraction of sp³-hybridized carbons (Fsp3) is 0.476. The standard InChI is InChI=1S/C21H28N4O8/c26-11-16(25-18(29)13-7-4-8-22-13)20(31)23-14(9-12-5-2-1-3-6-12)19(30)24-15(21(32)33)10-17(27)28/h1-3,5-6,13-16,22,26H,4,7-11H2,(H,23,31)(H,24,30)(H,25,29)(H,27,28)(H,32,33). The van der Waals surface area contributed by atoms with Crippen LogP contribution in [0.3, 0.4) is 0 Å². The van der Waals surface area contributed by atoms with Crippen LogP contribution in [-0.2, 0) is 30.4 Å². The van der Waals surface area contributed by atoms with Crippen LogP contribution in [0.2, 0.25) is 0 Å². The lowest BCUT2D eigenvalue weighted by atomic mass is 10.0. The zero-order valence-corrected chi connectivity index (χ0v) is 17.8. The van der Waals surface area contributed by atoms with Crippen molar-refractivity contribution >= 4 is 29.7 Å². The van der Waals surface area contributed by atoms with Gasteiger partial charge in [0.05, 0.1) is 19.1 Å². The van der Waals surface area contributed by atoms with E-state index in [4.69, 9.17) is 5.11 Å². The molecule has 4 atom stereocenters. The molecule has 2 rings (SSSR count). The van der Waals surface area contributed by atoms with E-state index in [0.29, 0.717) is 18.5 Å². The van der Waals surface area contributed by atoms with E-state index in [-0.39, 0.29) is 6.42 Å². The fourth-order valence-electron chi connectivity index (χ4n) is 3.35. The Balaban J connectivity index is 2.13. The third-order valence-corrected chi connectivity index (χ3v) is 5.10. The molecule has 180 valence electrons. The third kappa shape index (κ3) is 8.16. The lowest BCUT2D eigenvalue weighted by Crippen LogP contribution is -2.58. The number of nitrogens with one attached hydrogen (secondary N) is 4. The topological polar surface area (TPSA) is 194 Å². The van der Waals surface area contributed by atoms with Gasteiger partial charge in [-0.3, -0.25) is 19.2 Å². The second-order valence-corrected chi connectivity index (χ2v) is 7.64. The first-order valence-corrected chi connectivity index (χ1v) is 10.4. The van der Waals surface area contributed by atoms with E-state index in [1.807, 2.05) is 0 Å². The second kappa shape index (κ2) is 12.5. The number of aliphatic carboxylic acids is 2. The molecule has 1 heterocycles. The SMILES string of the molecule is O=C(O)CC(NC(=O)C(Cc1ccccc1)NC(=O)C(CO)NC(=O)C1CCCN1)C(=O)O. The molecular weight excluding hydrogens is 436 g/mol. The maximum atomic E-state index is 12.8. The number of rotatable bonds is 12. The Hall–Kier alpha value is -3.51. The van der Waals surface area contributed by atoms with E-state index in [0.717, 1.165) is 6.42 Å². The minimum Gasteiger partial charge on any atom is -0.481 e. The highest BCUT2D eigenvalue weighted by atomic mass is 16.4. The average molecular weight is 464 g/mol. The highest BCUT2D eigenvalue weighted by Gasteiger charge is 2.32. The van der Waals surface area contributed by atoms with Crippen molar-refractivity contribution in [2.75, 3.05) is 13.2 Å². The molecule has 1 fully saturated rings. The quantitative estimate of drug-likeness (QED) is 0.183. The van der Waals surface area contributed by atoms with Crippen LogP contribution in [0.25, 0.3) is 0 Å². The van der Waals surface area contributed by atoms with Crippen molar-refractivity contribution in [2.24, 2.45) is 0 Å². The van der Waals surface area contributed by atoms with Crippen molar-refractivity contribution in [3.63, 3.8) is 0 Å². The van der Waals surface area contributed by atoms with Crippen LogP contribution in [0.5, 0.6) is 0 Å². The van der Waals surface area contributed by atoms with E-state index in [1.165, 1.54) is 0 Å². The Morgan fingerprint density at radius 1 is 0.939 bits per heavy atom. The van der Waals surface area contributed by atoms with Crippen molar-refractivity contribution in [1.29, 1.82) is 0 Å².